The maximum atomic E-state index is 13.4. The van der Waals surface area contributed by atoms with Crippen LogP contribution in [0, 0.1) is 17.5 Å². The Morgan fingerprint density at radius 2 is 1.60 bits per heavy atom. The van der Waals surface area contributed by atoms with E-state index in [9.17, 15) is 22.8 Å². The largest absolute Gasteiger partial charge is 0.395 e. The summed E-state index contributed by atoms with van der Waals surface area (Å²) in [7, 11) is 0. The molecular weight excluding hydrogens is 339 g/mol. The molecule has 0 aliphatic heterocycles. The fraction of sp³-hybridized carbons (Fsp3) is 0.125. The van der Waals surface area contributed by atoms with Crippen molar-refractivity contribution in [2.24, 2.45) is 0 Å². The molecule has 2 aromatic carbocycles. The Morgan fingerprint density at radius 3 is 2.24 bits per heavy atom. The van der Waals surface area contributed by atoms with Crippen LogP contribution in [0.15, 0.2) is 36.4 Å². The first-order valence-electron chi connectivity index (χ1n) is 7.12. The second-order valence-electron chi connectivity index (χ2n) is 4.91. The number of urea groups is 1. The maximum absolute atomic E-state index is 13.4. The highest BCUT2D eigenvalue weighted by Gasteiger charge is 2.15. The fourth-order valence-electron chi connectivity index (χ4n) is 1.99. The minimum absolute atomic E-state index is 0.0234. The third-order valence-electron chi connectivity index (χ3n) is 2.99. The van der Waals surface area contributed by atoms with Crippen molar-refractivity contribution in [2.75, 3.05) is 23.8 Å². The highest BCUT2D eigenvalue weighted by Crippen LogP contribution is 2.18. The van der Waals surface area contributed by atoms with E-state index in [1.165, 1.54) is 0 Å². The van der Waals surface area contributed by atoms with Gasteiger partial charge in [-0.1, -0.05) is 0 Å². The lowest BCUT2D eigenvalue weighted by molar-refractivity contribution is 0.0945. The Bertz CT molecular complexity index is 779. The number of benzene rings is 2. The van der Waals surface area contributed by atoms with Crippen molar-refractivity contribution in [1.82, 2.24) is 5.32 Å². The maximum Gasteiger partial charge on any atom is 0.323 e. The van der Waals surface area contributed by atoms with E-state index in [1.54, 1.807) is 0 Å². The number of halogens is 3. The van der Waals surface area contributed by atoms with E-state index < -0.39 is 29.4 Å². The van der Waals surface area contributed by atoms with Gasteiger partial charge >= 0.3 is 6.03 Å². The Labute approximate surface area is 140 Å². The molecule has 4 N–H and O–H groups in total. The number of carbonyl (C=O) groups excluding carboxylic acids is 2. The predicted molar refractivity (Wildman–Crippen MR) is 84.8 cm³/mol. The molecule has 0 saturated carbocycles. The van der Waals surface area contributed by atoms with Gasteiger partial charge in [-0.15, -0.1) is 0 Å². The summed E-state index contributed by atoms with van der Waals surface area (Å²) in [5.41, 5.74) is -0.349. The lowest BCUT2D eigenvalue weighted by atomic mass is 10.1. The van der Waals surface area contributed by atoms with Crippen molar-refractivity contribution in [2.45, 2.75) is 0 Å². The number of hydrogen-bond acceptors (Lipinski definition) is 3. The van der Waals surface area contributed by atoms with Crippen LogP contribution >= 0.6 is 0 Å². The molecule has 0 radical (unpaired) electrons. The fourth-order valence-corrected chi connectivity index (χ4v) is 1.99. The molecule has 0 aromatic heterocycles. The van der Waals surface area contributed by atoms with Crippen LogP contribution in [0.1, 0.15) is 10.4 Å². The van der Waals surface area contributed by atoms with Gasteiger partial charge in [0.2, 0.25) is 0 Å². The van der Waals surface area contributed by atoms with E-state index in [-0.39, 0.29) is 30.1 Å². The van der Waals surface area contributed by atoms with Gasteiger partial charge in [-0.25, -0.2) is 18.0 Å². The first-order valence-corrected chi connectivity index (χ1v) is 7.12. The summed E-state index contributed by atoms with van der Waals surface area (Å²) in [6.45, 7) is -0.314. The van der Waals surface area contributed by atoms with Crippen LogP contribution in [-0.2, 0) is 0 Å². The Balaban J connectivity index is 2.16. The van der Waals surface area contributed by atoms with Crippen molar-refractivity contribution in [1.29, 1.82) is 0 Å². The Kier molecular flexibility index (Phi) is 5.96. The number of carbonyl (C=O) groups is 2. The van der Waals surface area contributed by atoms with E-state index in [4.69, 9.17) is 5.11 Å². The molecule has 6 nitrogen and oxygen atoms in total. The number of aliphatic hydroxyl groups is 1. The van der Waals surface area contributed by atoms with Crippen LogP contribution in [0.2, 0.25) is 0 Å². The second kappa shape index (κ2) is 8.15. The summed E-state index contributed by atoms with van der Waals surface area (Å²) < 4.78 is 39.6. The van der Waals surface area contributed by atoms with Crippen molar-refractivity contribution < 1.29 is 27.9 Å². The summed E-state index contributed by atoms with van der Waals surface area (Å²) >= 11 is 0. The minimum atomic E-state index is -0.924. The van der Waals surface area contributed by atoms with Crippen molar-refractivity contribution in [3.8, 4) is 0 Å². The van der Waals surface area contributed by atoms with Crippen molar-refractivity contribution in [3.63, 3.8) is 0 Å². The number of anilines is 2. The molecule has 2 rings (SSSR count). The standard InChI is InChI=1S/C16H14F3N3O3/c17-9-1-2-13(15(24)20-3-4-23)14(8-9)22-16(25)21-12-6-10(18)5-11(19)7-12/h1-2,5-8,23H,3-4H2,(H,20,24)(H2,21,22,25). The number of hydrogen-bond donors (Lipinski definition) is 4. The summed E-state index contributed by atoms with van der Waals surface area (Å²) in [6.07, 6.45) is 0. The highest BCUT2D eigenvalue weighted by atomic mass is 19.1. The van der Waals surface area contributed by atoms with Crippen molar-refractivity contribution >= 4 is 23.3 Å². The van der Waals surface area contributed by atoms with Crippen LogP contribution in [0.5, 0.6) is 0 Å². The molecule has 0 aliphatic carbocycles. The summed E-state index contributed by atoms with van der Waals surface area (Å²) in [6, 6.07) is 4.59. The average molecular weight is 353 g/mol. The molecule has 9 heteroatoms. The molecule has 2 aromatic rings. The molecule has 0 fully saturated rings. The van der Waals surface area contributed by atoms with Gasteiger partial charge in [0.05, 0.1) is 17.9 Å². The van der Waals surface area contributed by atoms with Gasteiger partial charge in [0.25, 0.3) is 5.91 Å². The highest BCUT2D eigenvalue weighted by molar-refractivity contribution is 6.06. The van der Waals surface area contributed by atoms with E-state index in [2.05, 4.69) is 16.0 Å². The van der Waals surface area contributed by atoms with Gasteiger partial charge in [0.1, 0.15) is 17.5 Å². The second-order valence-corrected chi connectivity index (χ2v) is 4.91. The van der Waals surface area contributed by atoms with E-state index in [0.717, 1.165) is 30.3 Å². The lowest BCUT2D eigenvalue weighted by Gasteiger charge is -2.12. The number of rotatable bonds is 5. The van der Waals surface area contributed by atoms with E-state index in [0.29, 0.717) is 6.07 Å². The Morgan fingerprint density at radius 1 is 0.920 bits per heavy atom. The SMILES string of the molecule is O=C(Nc1cc(F)cc(F)c1)Nc1cc(F)ccc1C(=O)NCCO. The van der Waals surface area contributed by atoms with Gasteiger partial charge in [-0.05, 0) is 30.3 Å². The summed E-state index contributed by atoms with van der Waals surface area (Å²) in [5.74, 6) is -3.11. The topological polar surface area (TPSA) is 90.5 Å². The minimum Gasteiger partial charge on any atom is -0.395 e. The molecular formula is C16H14F3N3O3. The molecule has 0 atom stereocenters. The predicted octanol–water partition coefficient (Wildman–Crippen LogP) is 2.47. The molecule has 25 heavy (non-hydrogen) atoms. The van der Waals surface area contributed by atoms with Gasteiger partial charge < -0.3 is 21.1 Å². The number of nitrogens with one attached hydrogen (secondary N) is 3. The zero-order chi connectivity index (χ0) is 18.4. The smallest absolute Gasteiger partial charge is 0.323 e. The third kappa shape index (κ3) is 5.21. The van der Waals surface area contributed by atoms with Gasteiger partial charge in [0.15, 0.2) is 0 Å². The molecule has 0 bridgehead atoms. The van der Waals surface area contributed by atoms with Gasteiger partial charge in [-0.2, -0.15) is 0 Å². The first-order chi connectivity index (χ1) is 11.9. The van der Waals surface area contributed by atoms with Crippen LogP contribution in [0.25, 0.3) is 0 Å². The molecule has 0 aliphatic rings. The van der Waals surface area contributed by atoms with E-state index >= 15 is 0 Å². The third-order valence-corrected chi connectivity index (χ3v) is 2.99. The molecule has 0 saturated heterocycles. The number of aliphatic hydroxyl groups excluding tert-OH is 1. The van der Waals surface area contributed by atoms with Gasteiger partial charge in [-0.3, -0.25) is 4.79 Å². The van der Waals surface area contributed by atoms with Crippen LogP contribution in [-0.4, -0.2) is 30.2 Å². The molecule has 0 spiro atoms. The normalized spacial score (nSPS) is 10.2. The molecule has 0 unspecified atom stereocenters. The average Bonchev–Trinajstić information content (AvgIpc) is 2.51. The van der Waals surface area contributed by atoms with Crippen LogP contribution in [0.3, 0.4) is 0 Å². The zero-order valence-corrected chi connectivity index (χ0v) is 12.8. The zero-order valence-electron chi connectivity index (χ0n) is 12.8. The van der Waals surface area contributed by atoms with Crippen molar-refractivity contribution in [3.05, 3.63) is 59.4 Å². The Hall–Kier alpha value is -3.07. The van der Waals surface area contributed by atoms with Crippen LogP contribution in [0.4, 0.5) is 29.3 Å². The summed E-state index contributed by atoms with van der Waals surface area (Å²) in [5, 5.41) is 15.5. The molecule has 3 amide bonds. The van der Waals surface area contributed by atoms with Gasteiger partial charge in [0, 0.05) is 18.3 Å². The first kappa shape index (κ1) is 18.3. The van der Waals surface area contributed by atoms with E-state index in [1.807, 2.05) is 0 Å². The molecule has 0 heterocycles. The summed E-state index contributed by atoms with van der Waals surface area (Å²) in [4.78, 5) is 23.9. The van der Waals surface area contributed by atoms with Crippen LogP contribution < -0.4 is 16.0 Å². The monoisotopic (exact) mass is 353 g/mol. The number of amides is 3. The lowest BCUT2D eigenvalue weighted by Crippen LogP contribution is -2.28. The quantitative estimate of drug-likeness (QED) is 0.666. The molecule has 132 valence electrons.